The molecule has 5 heteroatoms. The molecule has 0 fully saturated rings. The maximum absolute atomic E-state index is 11.6. The Kier molecular flexibility index (Phi) is 5.34. The van der Waals surface area contributed by atoms with Crippen molar-refractivity contribution in [3.63, 3.8) is 0 Å². The van der Waals surface area contributed by atoms with Crippen LogP contribution in [-0.4, -0.2) is 22.9 Å². The van der Waals surface area contributed by atoms with Crippen molar-refractivity contribution < 1.29 is 9.90 Å². The minimum Gasteiger partial charge on any atom is -0.507 e. The summed E-state index contributed by atoms with van der Waals surface area (Å²) in [6.07, 6.45) is 0.805. The van der Waals surface area contributed by atoms with Gasteiger partial charge in [0.1, 0.15) is 5.75 Å². The number of hydrogen-bond acceptors (Lipinski definition) is 2. The first-order valence-electron chi connectivity index (χ1n) is 4.95. The summed E-state index contributed by atoms with van der Waals surface area (Å²) in [6.45, 7) is 2.39. The van der Waals surface area contributed by atoms with E-state index in [1.54, 1.807) is 12.1 Å². The highest BCUT2D eigenvalue weighted by Crippen LogP contribution is 2.20. The molecule has 2 N–H and O–H groups in total. The average molecular weight is 354 g/mol. The van der Waals surface area contributed by atoms with E-state index in [-0.39, 0.29) is 17.0 Å². The molecule has 0 spiro atoms. The summed E-state index contributed by atoms with van der Waals surface area (Å²) < 4.78 is 0.720. The minimum absolute atomic E-state index is 0.0543. The highest BCUT2D eigenvalue weighted by atomic mass is 127. The van der Waals surface area contributed by atoms with Gasteiger partial charge < -0.3 is 10.4 Å². The first kappa shape index (κ1) is 13.6. The van der Waals surface area contributed by atoms with Gasteiger partial charge in [-0.2, -0.15) is 0 Å². The Labute approximate surface area is 113 Å². The van der Waals surface area contributed by atoms with Crippen LogP contribution in [0.1, 0.15) is 23.7 Å². The number of phenolic OH excluding ortho intramolecular Hbond substituents is 1. The molecule has 1 aromatic rings. The standard InChI is InChI=1S/C11H13ClINO2/c1-2-8(12)6-14-11(16)7-3-4-9(13)10(15)5-7/h3-5,8,15H,2,6H2,1H3,(H,14,16). The van der Waals surface area contributed by atoms with Crippen LogP contribution in [0.3, 0.4) is 0 Å². The lowest BCUT2D eigenvalue weighted by Gasteiger charge is -2.09. The van der Waals surface area contributed by atoms with E-state index in [2.05, 4.69) is 5.32 Å². The van der Waals surface area contributed by atoms with Crippen LogP contribution in [0.5, 0.6) is 5.75 Å². The number of benzene rings is 1. The normalized spacial score (nSPS) is 12.2. The Balaban J connectivity index is 2.63. The largest absolute Gasteiger partial charge is 0.507 e. The molecule has 0 heterocycles. The van der Waals surface area contributed by atoms with Gasteiger partial charge in [0.2, 0.25) is 0 Å². The molecule has 0 saturated carbocycles. The van der Waals surface area contributed by atoms with Gasteiger partial charge in [-0.05, 0) is 47.2 Å². The van der Waals surface area contributed by atoms with Gasteiger partial charge in [0.15, 0.2) is 0 Å². The van der Waals surface area contributed by atoms with Gasteiger partial charge in [-0.3, -0.25) is 4.79 Å². The molecular formula is C11H13ClINO2. The van der Waals surface area contributed by atoms with Crippen molar-refractivity contribution in [2.75, 3.05) is 6.54 Å². The average Bonchev–Trinajstić information content (AvgIpc) is 2.29. The Morgan fingerprint density at radius 2 is 2.31 bits per heavy atom. The van der Waals surface area contributed by atoms with Gasteiger partial charge in [-0.25, -0.2) is 0 Å². The van der Waals surface area contributed by atoms with Gasteiger partial charge in [0, 0.05) is 12.1 Å². The fraction of sp³-hybridized carbons (Fsp3) is 0.364. The van der Waals surface area contributed by atoms with Crippen LogP contribution in [0, 0.1) is 3.57 Å². The van der Waals surface area contributed by atoms with Crippen LogP contribution in [0.4, 0.5) is 0 Å². The van der Waals surface area contributed by atoms with Crippen molar-refractivity contribution in [1.29, 1.82) is 0 Å². The van der Waals surface area contributed by atoms with Crippen LogP contribution in [0.15, 0.2) is 18.2 Å². The second-order valence-corrected chi connectivity index (χ2v) is 5.16. The van der Waals surface area contributed by atoms with Crippen LogP contribution in [0.25, 0.3) is 0 Å². The second kappa shape index (κ2) is 6.30. The van der Waals surface area contributed by atoms with Crippen molar-refractivity contribution in [3.8, 4) is 5.75 Å². The maximum Gasteiger partial charge on any atom is 0.251 e. The van der Waals surface area contributed by atoms with Crippen LogP contribution in [0.2, 0.25) is 0 Å². The number of aromatic hydroxyl groups is 1. The number of nitrogens with one attached hydrogen (secondary N) is 1. The predicted octanol–water partition coefficient (Wildman–Crippen LogP) is 2.74. The van der Waals surface area contributed by atoms with E-state index in [1.165, 1.54) is 6.07 Å². The smallest absolute Gasteiger partial charge is 0.251 e. The summed E-state index contributed by atoms with van der Waals surface area (Å²) in [5, 5.41) is 12.1. The van der Waals surface area contributed by atoms with E-state index >= 15 is 0 Å². The third kappa shape index (κ3) is 3.83. The summed E-state index contributed by atoms with van der Waals surface area (Å²) in [5.41, 5.74) is 0.442. The molecular weight excluding hydrogens is 340 g/mol. The van der Waals surface area contributed by atoms with Crippen LogP contribution in [-0.2, 0) is 0 Å². The van der Waals surface area contributed by atoms with Gasteiger partial charge in [-0.1, -0.05) is 6.92 Å². The summed E-state index contributed by atoms with van der Waals surface area (Å²) in [6, 6.07) is 4.82. The third-order valence-electron chi connectivity index (χ3n) is 2.14. The Morgan fingerprint density at radius 3 is 2.88 bits per heavy atom. The molecule has 3 nitrogen and oxygen atoms in total. The molecule has 1 atom stereocenters. The lowest BCUT2D eigenvalue weighted by molar-refractivity contribution is 0.0953. The van der Waals surface area contributed by atoms with Gasteiger partial charge >= 0.3 is 0 Å². The molecule has 1 unspecified atom stereocenters. The fourth-order valence-electron chi connectivity index (χ4n) is 1.10. The summed E-state index contributed by atoms with van der Waals surface area (Å²) in [4.78, 5) is 11.6. The quantitative estimate of drug-likeness (QED) is 0.646. The van der Waals surface area contributed by atoms with Gasteiger partial charge in [0.25, 0.3) is 5.91 Å². The van der Waals surface area contributed by atoms with Crippen molar-refractivity contribution in [1.82, 2.24) is 5.32 Å². The number of carbonyl (C=O) groups excluding carboxylic acids is 1. The number of alkyl halides is 1. The zero-order valence-electron chi connectivity index (χ0n) is 8.84. The maximum atomic E-state index is 11.6. The molecule has 0 radical (unpaired) electrons. The lowest BCUT2D eigenvalue weighted by Crippen LogP contribution is -2.29. The van der Waals surface area contributed by atoms with E-state index in [1.807, 2.05) is 29.5 Å². The number of amides is 1. The van der Waals surface area contributed by atoms with E-state index in [0.717, 1.165) is 9.99 Å². The highest BCUT2D eigenvalue weighted by molar-refractivity contribution is 14.1. The zero-order chi connectivity index (χ0) is 12.1. The summed E-state index contributed by atoms with van der Waals surface area (Å²) in [7, 11) is 0. The number of carbonyl (C=O) groups is 1. The Morgan fingerprint density at radius 1 is 1.62 bits per heavy atom. The molecule has 16 heavy (non-hydrogen) atoms. The molecule has 1 amide bonds. The van der Waals surface area contributed by atoms with E-state index in [0.29, 0.717) is 12.1 Å². The van der Waals surface area contributed by atoms with Gasteiger partial charge in [0.05, 0.1) is 8.95 Å². The van der Waals surface area contributed by atoms with Gasteiger partial charge in [-0.15, -0.1) is 11.6 Å². The molecule has 1 rings (SSSR count). The first-order valence-corrected chi connectivity index (χ1v) is 6.47. The third-order valence-corrected chi connectivity index (χ3v) is 3.51. The molecule has 0 aliphatic rings. The topological polar surface area (TPSA) is 49.3 Å². The molecule has 0 aliphatic heterocycles. The molecule has 88 valence electrons. The fourth-order valence-corrected chi connectivity index (χ4v) is 1.52. The van der Waals surface area contributed by atoms with Crippen molar-refractivity contribution >= 4 is 40.1 Å². The highest BCUT2D eigenvalue weighted by Gasteiger charge is 2.09. The van der Waals surface area contributed by atoms with Crippen molar-refractivity contribution in [3.05, 3.63) is 27.3 Å². The number of rotatable bonds is 4. The molecule has 1 aromatic carbocycles. The van der Waals surface area contributed by atoms with E-state index in [4.69, 9.17) is 11.6 Å². The number of hydrogen-bond donors (Lipinski definition) is 2. The van der Waals surface area contributed by atoms with E-state index in [9.17, 15) is 9.90 Å². The SMILES string of the molecule is CCC(Cl)CNC(=O)c1ccc(I)c(O)c1. The predicted molar refractivity (Wildman–Crippen MR) is 73.1 cm³/mol. The molecule has 0 aliphatic carbocycles. The number of phenols is 1. The molecule has 0 saturated heterocycles. The molecule has 0 bridgehead atoms. The van der Waals surface area contributed by atoms with Crippen LogP contribution < -0.4 is 5.32 Å². The molecule has 0 aromatic heterocycles. The first-order chi connectivity index (χ1) is 7.54. The summed E-state index contributed by atoms with van der Waals surface area (Å²) in [5.74, 6) is -0.100. The second-order valence-electron chi connectivity index (χ2n) is 3.38. The minimum atomic E-state index is -0.217. The van der Waals surface area contributed by atoms with E-state index < -0.39 is 0 Å². The number of halogens is 2. The van der Waals surface area contributed by atoms with Crippen LogP contribution >= 0.6 is 34.2 Å². The van der Waals surface area contributed by atoms with Crippen molar-refractivity contribution in [2.24, 2.45) is 0 Å². The Bertz CT molecular complexity index is 384. The zero-order valence-corrected chi connectivity index (χ0v) is 11.7. The van der Waals surface area contributed by atoms with Crippen molar-refractivity contribution in [2.45, 2.75) is 18.7 Å². The Hall–Kier alpha value is -0.490. The lowest BCUT2D eigenvalue weighted by atomic mass is 10.2. The monoisotopic (exact) mass is 353 g/mol. The summed E-state index contributed by atoms with van der Waals surface area (Å²) >= 11 is 7.89.